The fourth-order valence-corrected chi connectivity index (χ4v) is 2.97. The lowest BCUT2D eigenvalue weighted by Gasteiger charge is -2.09. The third-order valence-electron chi connectivity index (χ3n) is 2.40. The van der Waals surface area contributed by atoms with Crippen molar-refractivity contribution in [1.29, 1.82) is 0 Å². The van der Waals surface area contributed by atoms with Crippen molar-refractivity contribution in [1.82, 2.24) is 0 Å². The molecule has 0 fully saturated rings. The summed E-state index contributed by atoms with van der Waals surface area (Å²) in [4.78, 5) is 22.5. The summed E-state index contributed by atoms with van der Waals surface area (Å²) in [5.74, 6) is -0.524. The summed E-state index contributed by atoms with van der Waals surface area (Å²) in [6.45, 7) is 3.77. The van der Waals surface area contributed by atoms with E-state index >= 15 is 0 Å². The summed E-state index contributed by atoms with van der Waals surface area (Å²) in [5, 5.41) is 0. The normalized spacial score (nSPS) is 10.9. The molecule has 0 aliphatic rings. The molecule has 4 nitrogen and oxygen atoms in total. The van der Waals surface area contributed by atoms with Gasteiger partial charge in [0.1, 0.15) is 6.61 Å². The Hall–Kier alpha value is -0.523. The molecule has 0 amide bonds. The monoisotopic (exact) mass is 340 g/mol. The summed E-state index contributed by atoms with van der Waals surface area (Å²) in [7, 11) is 0. The van der Waals surface area contributed by atoms with Crippen molar-refractivity contribution < 1.29 is 19.1 Å². The standard InChI is InChI=1S/C13H22Cl2O4Si/c1-3-9-18-12(16)7-4-5-8-13(17)19-10-6-11-20(2,14)15/h3H,1,4-11H2,2H3. The van der Waals surface area contributed by atoms with Crippen molar-refractivity contribution in [3.63, 3.8) is 0 Å². The van der Waals surface area contributed by atoms with Crippen molar-refractivity contribution in [2.45, 2.75) is 44.7 Å². The molecule has 7 heteroatoms. The average Bonchev–Trinajstić information content (AvgIpc) is 2.36. The minimum absolute atomic E-state index is 0.226. The Labute approximate surface area is 130 Å². The van der Waals surface area contributed by atoms with E-state index in [0.29, 0.717) is 44.8 Å². The molecule has 0 aromatic heterocycles. The van der Waals surface area contributed by atoms with Gasteiger partial charge in [0.05, 0.1) is 6.61 Å². The Morgan fingerprint density at radius 2 is 1.65 bits per heavy atom. The number of carbonyl (C=O) groups is 2. The maximum Gasteiger partial charge on any atom is 0.306 e. The zero-order valence-electron chi connectivity index (χ0n) is 11.8. The third-order valence-corrected chi connectivity index (χ3v) is 4.76. The lowest BCUT2D eigenvalue weighted by molar-refractivity contribution is -0.145. The fourth-order valence-electron chi connectivity index (χ4n) is 1.40. The Bertz CT molecular complexity index is 316. The molecule has 0 aromatic carbocycles. The highest BCUT2D eigenvalue weighted by Crippen LogP contribution is 2.21. The Morgan fingerprint density at radius 3 is 2.15 bits per heavy atom. The van der Waals surface area contributed by atoms with E-state index in [2.05, 4.69) is 6.58 Å². The lowest BCUT2D eigenvalue weighted by atomic mass is 10.2. The van der Waals surface area contributed by atoms with E-state index in [1.807, 2.05) is 6.55 Å². The number of carbonyl (C=O) groups excluding carboxylic acids is 2. The van der Waals surface area contributed by atoms with Crippen molar-refractivity contribution in [2.75, 3.05) is 13.2 Å². The zero-order chi connectivity index (χ0) is 15.4. The van der Waals surface area contributed by atoms with Crippen LogP contribution >= 0.6 is 22.2 Å². The second-order valence-corrected chi connectivity index (χ2v) is 12.8. The Morgan fingerprint density at radius 1 is 1.10 bits per heavy atom. The first-order valence-electron chi connectivity index (χ1n) is 6.65. The van der Waals surface area contributed by atoms with E-state index in [0.717, 1.165) is 0 Å². The van der Waals surface area contributed by atoms with E-state index in [1.165, 1.54) is 6.08 Å². The molecule has 0 bridgehead atoms. The summed E-state index contributed by atoms with van der Waals surface area (Å²) in [5.41, 5.74) is 0. The van der Waals surface area contributed by atoms with Crippen LogP contribution in [0.15, 0.2) is 12.7 Å². The molecular formula is C13H22Cl2O4Si. The molecular weight excluding hydrogens is 319 g/mol. The van der Waals surface area contributed by atoms with Gasteiger partial charge in [-0.05, 0) is 31.9 Å². The molecule has 116 valence electrons. The highest BCUT2D eigenvalue weighted by molar-refractivity contribution is 7.44. The molecule has 0 aromatic rings. The Balaban J connectivity index is 3.45. The molecule has 0 aliphatic carbocycles. The van der Waals surface area contributed by atoms with Gasteiger partial charge < -0.3 is 9.47 Å². The predicted molar refractivity (Wildman–Crippen MR) is 83.3 cm³/mol. The summed E-state index contributed by atoms with van der Waals surface area (Å²) >= 11 is 11.9. The van der Waals surface area contributed by atoms with Crippen LogP contribution in [0, 0.1) is 0 Å². The number of unbranched alkanes of at least 4 members (excludes halogenated alkanes) is 1. The number of halogens is 2. The van der Waals surface area contributed by atoms with E-state index in [-0.39, 0.29) is 18.5 Å². The van der Waals surface area contributed by atoms with Gasteiger partial charge in [0.2, 0.25) is 6.69 Å². The van der Waals surface area contributed by atoms with Crippen molar-refractivity contribution >= 4 is 40.8 Å². The van der Waals surface area contributed by atoms with Crippen LogP contribution in [-0.2, 0) is 19.1 Å². The van der Waals surface area contributed by atoms with Crippen LogP contribution in [0.4, 0.5) is 0 Å². The van der Waals surface area contributed by atoms with Gasteiger partial charge in [0.15, 0.2) is 0 Å². The average molecular weight is 341 g/mol. The first-order valence-corrected chi connectivity index (χ1v) is 11.4. The first kappa shape index (κ1) is 19.5. The molecule has 0 atom stereocenters. The molecule has 0 aliphatic heterocycles. The molecule has 0 rings (SSSR count). The number of hydrogen-bond donors (Lipinski definition) is 0. The topological polar surface area (TPSA) is 52.6 Å². The minimum Gasteiger partial charge on any atom is -0.466 e. The maximum atomic E-state index is 11.4. The summed E-state index contributed by atoms with van der Waals surface area (Å²) in [6.07, 6.45) is 4.05. The number of ether oxygens (including phenoxy) is 2. The molecule has 20 heavy (non-hydrogen) atoms. The molecule has 0 N–H and O–H groups in total. The molecule has 0 radical (unpaired) electrons. The third kappa shape index (κ3) is 13.9. The van der Waals surface area contributed by atoms with Gasteiger partial charge >= 0.3 is 11.9 Å². The van der Waals surface area contributed by atoms with Gasteiger partial charge in [0.25, 0.3) is 0 Å². The van der Waals surface area contributed by atoms with E-state index in [4.69, 9.17) is 31.6 Å². The highest BCUT2D eigenvalue weighted by Gasteiger charge is 2.20. The second-order valence-electron chi connectivity index (χ2n) is 4.57. The minimum atomic E-state index is -2.09. The summed E-state index contributed by atoms with van der Waals surface area (Å²) in [6, 6.07) is 0.707. The van der Waals surface area contributed by atoms with Crippen LogP contribution in [0.1, 0.15) is 32.1 Å². The first-order chi connectivity index (χ1) is 9.35. The largest absolute Gasteiger partial charge is 0.466 e. The van der Waals surface area contributed by atoms with Crippen LogP contribution in [-0.4, -0.2) is 31.8 Å². The Kier molecular flexibility index (Phi) is 10.9. The predicted octanol–water partition coefficient (Wildman–Crippen LogP) is 3.76. The SMILES string of the molecule is C=CCOC(=O)CCCCC(=O)OCCC[Si](C)(Cl)Cl. The van der Waals surface area contributed by atoms with E-state index < -0.39 is 6.69 Å². The smallest absolute Gasteiger partial charge is 0.306 e. The van der Waals surface area contributed by atoms with E-state index in [1.54, 1.807) is 0 Å². The molecule has 0 heterocycles. The molecule has 0 saturated carbocycles. The van der Waals surface area contributed by atoms with Crippen LogP contribution < -0.4 is 0 Å². The van der Waals surface area contributed by atoms with Crippen LogP contribution in [0.25, 0.3) is 0 Å². The van der Waals surface area contributed by atoms with Gasteiger partial charge in [-0.25, -0.2) is 0 Å². The van der Waals surface area contributed by atoms with Crippen LogP contribution in [0.2, 0.25) is 12.6 Å². The molecule has 0 spiro atoms. The molecule has 0 saturated heterocycles. The number of rotatable bonds is 11. The van der Waals surface area contributed by atoms with Crippen LogP contribution in [0.3, 0.4) is 0 Å². The molecule has 0 unspecified atom stereocenters. The van der Waals surface area contributed by atoms with Gasteiger partial charge in [0, 0.05) is 12.8 Å². The van der Waals surface area contributed by atoms with Gasteiger partial charge in [-0.15, -0.1) is 22.2 Å². The second kappa shape index (κ2) is 11.2. The van der Waals surface area contributed by atoms with E-state index in [9.17, 15) is 9.59 Å². The fraction of sp³-hybridized carbons (Fsp3) is 0.692. The van der Waals surface area contributed by atoms with Gasteiger partial charge in [-0.2, -0.15) is 0 Å². The maximum absolute atomic E-state index is 11.4. The van der Waals surface area contributed by atoms with Gasteiger partial charge in [-0.1, -0.05) is 12.7 Å². The number of hydrogen-bond acceptors (Lipinski definition) is 4. The van der Waals surface area contributed by atoms with Crippen LogP contribution in [0.5, 0.6) is 0 Å². The lowest BCUT2D eigenvalue weighted by Crippen LogP contribution is -2.14. The van der Waals surface area contributed by atoms with Crippen molar-refractivity contribution in [3.05, 3.63) is 12.7 Å². The highest BCUT2D eigenvalue weighted by atomic mass is 35.7. The number of esters is 2. The van der Waals surface area contributed by atoms with Crippen molar-refractivity contribution in [3.8, 4) is 0 Å². The zero-order valence-corrected chi connectivity index (χ0v) is 14.3. The quantitative estimate of drug-likeness (QED) is 0.189. The van der Waals surface area contributed by atoms with Crippen molar-refractivity contribution in [2.24, 2.45) is 0 Å². The summed E-state index contributed by atoms with van der Waals surface area (Å²) < 4.78 is 9.86. The van der Waals surface area contributed by atoms with Gasteiger partial charge in [-0.3, -0.25) is 9.59 Å².